The van der Waals surface area contributed by atoms with Crippen LogP contribution >= 0.6 is 47.9 Å². The molecule has 4 fully saturated rings. The molecule has 0 aromatic heterocycles. The van der Waals surface area contributed by atoms with Crippen molar-refractivity contribution < 1.29 is 14.4 Å². The highest BCUT2D eigenvalue weighted by Crippen LogP contribution is 2.41. The third-order valence-electron chi connectivity index (χ3n) is 9.84. The number of hydrogen-bond acceptors (Lipinski definition) is 8. The number of likely N-dealkylation sites (tertiary alicyclic amines) is 1. The highest BCUT2D eigenvalue weighted by atomic mass is 32.2. The van der Waals surface area contributed by atoms with Crippen LogP contribution in [0.25, 0.3) is 0 Å². The quantitative estimate of drug-likeness (QED) is 0.266. The predicted molar refractivity (Wildman–Crippen MR) is 217 cm³/mol. The van der Waals surface area contributed by atoms with Gasteiger partial charge in [0, 0.05) is 73.5 Å². The number of nitrogens with zero attached hydrogens (tertiary/aromatic N) is 3. The maximum atomic E-state index is 12.0. The minimum absolute atomic E-state index is 0.0131. The fraction of sp³-hybridized carbons (Fsp3) is 0.919. The highest BCUT2D eigenvalue weighted by Gasteiger charge is 2.42. The van der Waals surface area contributed by atoms with E-state index in [-0.39, 0.29) is 28.5 Å². The zero-order valence-corrected chi connectivity index (χ0v) is 36.4. The molecule has 0 aromatic carbocycles. The molecule has 0 aliphatic carbocycles. The Morgan fingerprint density at radius 2 is 1.35 bits per heavy atom. The van der Waals surface area contributed by atoms with Gasteiger partial charge < -0.3 is 20.0 Å². The highest BCUT2D eigenvalue weighted by molar-refractivity contribution is 8.01. The topological polar surface area (TPSA) is 73.0 Å². The molecule has 4 saturated heterocycles. The predicted octanol–water partition coefficient (Wildman–Crippen LogP) is 8.19. The van der Waals surface area contributed by atoms with E-state index in [1.807, 2.05) is 52.0 Å². The van der Waals surface area contributed by atoms with Gasteiger partial charge in [-0.2, -0.15) is 12.6 Å². The van der Waals surface area contributed by atoms with Crippen molar-refractivity contribution in [1.29, 1.82) is 0 Å². The molecule has 7 unspecified atom stereocenters. The van der Waals surface area contributed by atoms with E-state index in [2.05, 4.69) is 106 Å². The summed E-state index contributed by atoms with van der Waals surface area (Å²) in [5, 5.41) is 4.56. The van der Waals surface area contributed by atoms with Crippen LogP contribution in [0.15, 0.2) is 0 Å². The van der Waals surface area contributed by atoms with Gasteiger partial charge in [-0.3, -0.25) is 14.4 Å². The maximum absolute atomic E-state index is 12.0. The molecule has 4 rings (SSSR count). The van der Waals surface area contributed by atoms with Gasteiger partial charge in [-0.05, 0) is 64.2 Å². The van der Waals surface area contributed by atoms with Crippen LogP contribution in [0.3, 0.4) is 0 Å². The molecular weight excluding hydrogens is 677 g/mol. The van der Waals surface area contributed by atoms with Crippen LogP contribution in [0.4, 0.5) is 0 Å². The van der Waals surface area contributed by atoms with Gasteiger partial charge in [-0.25, -0.2) is 0 Å². The largest absolute Gasteiger partial charge is 0.339 e. The lowest BCUT2D eigenvalue weighted by atomic mass is 10.0. The minimum Gasteiger partial charge on any atom is -0.339 e. The lowest BCUT2D eigenvalue weighted by Crippen LogP contribution is -2.47. The van der Waals surface area contributed by atoms with E-state index in [4.69, 9.17) is 0 Å². The van der Waals surface area contributed by atoms with Crippen molar-refractivity contribution in [3.63, 3.8) is 0 Å². The van der Waals surface area contributed by atoms with E-state index < -0.39 is 0 Å². The van der Waals surface area contributed by atoms with Gasteiger partial charge in [0.1, 0.15) is 0 Å². The third kappa shape index (κ3) is 13.7. The smallest absolute Gasteiger partial charge is 0.226 e. The number of carbonyl (C=O) groups excluding carboxylic acids is 3. The van der Waals surface area contributed by atoms with Crippen molar-refractivity contribution in [2.45, 2.75) is 156 Å². The molecule has 1 N–H and O–H groups in total. The number of nitrogens with one attached hydrogen (secondary N) is 1. The Bertz CT molecular complexity index is 996. The molecule has 4 aliphatic rings. The van der Waals surface area contributed by atoms with Gasteiger partial charge in [0.05, 0.1) is 15.6 Å². The van der Waals surface area contributed by atoms with Crippen molar-refractivity contribution in [2.24, 2.45) is 29.6 Å². The first-order valence-electron chi connectivity index (χ1n) is 18.3. The van der Waals surface area contributed by atoms with Gasteiger partial charge in [-0.1, -0.05) is 62.3 Å². The first-order valence-corrected chi connectivity index (χ1v) is 22.0. The van der Waals surface area contributed by atoms with Gasteiger partial charge >= 0.3 is 0 Å². The summed E-state index contributed by atoms with van der Waals surface area (Å²) in [7, 11) is 0. The number of carbonyl (C=O) groups is 3. The molecule has 0 radical (unpaired) electrons. The van der Waals surface area contributed by atoms with Gasteiger partial charge in [0.2, 0.25) is 17.7 Å². The van der Waals surface area contributed by atoms with Crippen molar-refractivity contribution in [3.8, 4) is 0 Å². The van der Waals surface area contributed by atoms with Crippen molar-refractivity contribution in [2.75, 3.05) is 29.6 Å². The van der Waals surface area contributed by atoms with Crippen molar-refractivity contribution in [3.05, 3.63) is 0 Å². The van der Waals surface area contributed by atoms with E-state index in [1.165, 1.54) is 12.2 Å². The molecular formula is C37H72N4O3S4. The average molecular weight is 749 g/mol. The zero-order chi connectivity index (χ0) is 37.1. The first-order chi connectivity index (χ1) is 22.2. The molecule has 11 heteroatoms. The minimum atomic E-state index is -0.0131. The summed E-state index contributed by atoms with van der Waals surface area (Å²) in [6.45, 7) is 32.5. The van der Waals surface area contributed by atoms with E-state index >= 15 is 0 Å². The van der Waals surface area contributed by atoms with Crippen LogP contribution < -0.4 is 5.32 Å². The Kier molecular flexibility index (Phi) is 20.4. The van der Waals surface area contributed by atoms with Crippen LogP contribution in [0.1, 0.15) is 117 Å². The second-order valence-corrected chi connectivity index (χ2v) is 20.4. The molecule has 0 bridgehead atoms. The second kappa shape index (κ2) is 21.3. The standard InChI is InChI=1S/C11H21NOS.C10H19NOS.C9H17NOS.C7H15NS/c1-8(2)10-5-4-6-12(10)11(13)9(3)7-14;1-7(2)9-6-13-10(4,5)11(9)8(3)12;1-6(2)9-5-12-8(4)10(9)7(3)11;1-5(2)7-4-9-6(3)8-7/h8-10,14H,4-7H2,1-3H3;7,9H,6H2,1-5H3;6,8-9H,5H2,1-4H3;5-8H,4H2,1-3H3. The summed E-state index contributed by atoms with van der Waals surface area (Å²) in [5.74, 6) is 7.39. The lowest BCUT2D eigenvalue weighted by Gasteiger charge is -2.35. The molecule has 282 valence electrons. The second-order valence-electron chi connectivity index (χ2n) is 15.7. The summed E-state index contributed by atoms with van der Waals surface area (Å²) in [5.41, 5.74) is 0. The average Bonchev–Trinajstić information content (AvgIpc) is 3.78. The molecule has 48 heavy (non-hydrogen) atoms. The molecule has 7 nitrogen and oxygen atoms in total. The van der Waals surface area contributed by atoms with Crippen LogP contribution in [-0.4, -0.2) is 102 Å². The monoisotopic (exact) mass is 748 g/mol. The lowest BCUT2D eigenvalue weighted by molar-refractivity contribution is -0.136. The van der Waals surface area contributed by atoms with E-state index in [1.54, 1.807) is 13.8 Å². The number of thiol groups is 1. The van der Waals surface area contributed by atoms with Crippen LogP contribution in [0.2, 0.25) is 0 Å². The summed E-state index contributed by atoms with van der Waals surface area (Å²) >= 11 is 9.96. The molecule has 0 aromatic rings. The first kappa shape index (κ1) is 45.8. The fourth-order valence-corrected chi connectivity index (χ4v) is 11.2. The fourth-order valence-electron chi connectivity index (χ4n) is 6.76. The number of thioether (sulfide) groups is 3. The zero-order valence-electron chi connectivity index (χ0n) is 33.0. The summed E-state index contributed by atoms with van der Waals surface area (Å²) < 4.78 is 0. The van der Waals surface area contributed by atoms with E-state index in [0.29, 0.717) is 52.4 Å². The van der Waals surface area contributed by atoms with Gasteiger partial charge in [0.25, 0.3) is 0 Å². The molecule has 4 heterocycles. The Morgan fingerprint density at radius 1 is 0.792 bits per heavy atom. The summed E-state index contributed by atoms with van der Waals surface area (Å²) in [6, 6.07) is 2.08. The third-order valence-corrected chi connectivity index (χ3v) is 14.2. The summed E-state index contributed by atoms with van der Waals surface area (Å²) in [6.07, 6.45) is 2.33. The molecule has 4 aliphatic heterocycles. The Morgan fingerprint density at radius 3 is 1.71 bits per heavy atom. The van der Waals surface area contributed by atoms with Crippen LogP contribution in [-0.2, 0) is 14.4 Å². The van der Waals surface area contributed by atoms with E-state index in [9.17, 15) is 14.4 Å². The SMILES string of the molecule is CC(=O)N1C(C(C)C)CSC1(C)C.CC(=O)N1C(C)SCC1C(C)C.CC(CS)C(=O)N1CCCC1C(C)C.CC1NC(C(C)C)CS1. The van der Waals surface area contributed by atoms with Crippen molar-refractivity contribution in [1.82, 2.24) is 20.0 Å². The van der Waals surface area contributed by atoms with E-state index in [0.717, 1.165) is 36.4 Å². The van der Waals surface area contributed by atoms with Gasteiger partial charge in [0.15, 0.2) is 0 Å². The maximum Gasteiger partial charge on any atom is 0.226 e. The number of amides is 3. The Hall–Kier alpha value is -0.230. The number of hydrogen-bond donors (Lipinski definition) is 2. The summed E-state index contributed by atoms with van der Waals surface area (Å²) in [4.78, 5) is 40.8. The van der Waals surface area contributed by atoms with Gasteiger partial charge in [-0.15, -0.1) is 35.3 Å². The van der Waals surface area contributed by atoms with Crippen LogP contribution in [0.5, 0.6) is 0 Å². The molecule has 0 saturated carbocycles. The number of rotatable bonds is 6. The molecule has 7 atom stereocenters. The normalized spacial score (nSPS) is 28.6. The Balaban J connectivity index is 0.000000323. The Labute approximate surface area is 314 Å². The molecule has 0 spiro atoms. The molecule has 3 amide bonds. The van der Waals surface area contributed by atoms with Crippen molar-refractivity contribution >= 4 is 65.6 Å². The van der Waals surface area contributed by atoms with Crippen LogP contribution in [0, 0.1) is 29.6 Å².